The van der Waals surface area contributed by atoms with E-state index in [2.05, 4.69) is 9.97 Å². The highest BCUT2D eigenvalue weighted by atomic mass is 32.1. The predicted octanol–water partition coefficient (Wildman–Crippen LogP) is -0.0615. The smallest absolute Gasteiger partial charge is 0.318 e. The molecule has 0 saturated heterocycles. The van der Waals surface area contributed by atoms with Gasteiger partial charge in [0, 0.05) is 25.7 Å². The lowest BCUT2D eigenvalue weighted by molar-refractivity contribution is 0.702. The first-order valence-electron chi connectivity index (χ1n) is 5.59. The average Bonchev–Trinajstić information content (AvgIpc) is 3.04. The molecule has 3 heterocycles. The monoisotopic (exact) mass is 277 g/mol. The summed E-state index contributed by atoms with van der Waals surface area (Å²) in [4.78, 5) is 32.3. The molecule has 3 aromatic heterocycles. The van der Waals surface area contributed by atoms with Gasteiger partial charge in [-0.15, -0.1) is 11.3 Å². The fourth-order valence-corrected chi connectivity index (χ4v) is 2.61. The summed E-state index contributed by atoms with van der Waals surface area (Å²) in [7, 11) is 3.07. The van der Waals surface area contributed by atoms with Crippen LogP contribution in [0.15, 0.2) is 27.5 Å². The second kappa shape index (κ2) is 4.16. The fourth-order valence-electron chi connectivity index (χ4n) is 1.99. The number of hydrogen-bond donors (Lipinski definition) is 0. The number of thiazole rings is 1. The first-order valence-corrected chi connectivity index (χ1v) is 6.47. The highest BCUT2D eigenvalue weighted by molar-refractivity contribution is 7.09. The van der Waals surface area contributed by atoms with Gasteiger partial charge in [0.25, 0.3) is 5.56 Å². The highest BCUT2D eigenvalue weighted by Crippen LogP contribution is 2.11. The van der Waals surface area contributed by atoms with E-state index in [1.54, 1.807) is 24.1 Å². The quantitative estimate of drug-likeness (QED) is 0.657. The van der Waals surface area contributed by atoms with Gasteiger partial charge in [-0.3, -0.25) is 13.9 Å². The molecule has 3 aromatic rings. The molecule has 0 aliphatic carbocycles. The summed E-state index contributed by atoms with van der Waals surface area (Å²) in [5.74, 6) is 0. The summed E-state index contributed by atoms with van der Waals surface area (Å²) in [6.45, 7) is 0.474. The van der Waals surface area contributed by atoms with E-state index in [4.69, 9.17) is 0 Å². The Kier molecular flexibility index (Phi) is 2.59. The lowest BCUT2D eigenvalue weighted by Crippen LogP contribution is -2.37. The summed E-state index contributed by atoms with van der Waals surface area (Å²) in [5, 5.41) is 2.76. The van der Waals surface area contributed by atoms with Crippen molar-refractivity contribution in [3.05, 3.63) is 43.7 Å². The number of aromatic nitrogens is 5. The zero-order valence-corrected chi connectivity index (χ0v) is 11.2. The van der Waals surface area contributed by atoms with E-state index in [1.165, 1.54) is 23.0 Å². The van der Waals surface area contributed by atoms with Crippen LogP contribution in [0, 0.1) is 0 Å². The Morgan fingerprint density at radius 1 is 1.21 bits per heavy atom. The van der Waals surface area contributed by atoms with Gasteiger partial charge >= 0.3 is 5.69 Å². The number of nitrogens with zero attached hydrogens (tertiary/aromatic N) is 5. The molecule has 7 nitrogen and oxygen atoms in total. The molecule has 0 spiro atoms. The average molecular weight is 277 g/mol. The van der Waals surface area contributed by atoms with Crippen LogP contribution in [0.4, 0.5) is 0 Å². The van der Waals surface area contributed by atoms with Crippen LogP contribution in [0.5, 0.6) is 0 Å². The minimum atomic E-state index is -0.378. The standard InChI is InChI=1S/C11H11N5O2S/c1-14-9-8(10(17)15(2)11(14)18)16(6-13-9)5-7-12-3-4-19-7/h3-4,6H,5H2,1-2H3. The van der Waals surface area contributed by atoms with Gasteiger partial charge in [-0.25, -0.2) is 14.8 Å². The Morgan fingerprint density at radius 2 is 2.00 bits per heavy atom. The van der Waals surface area contributed by atoms with Gasteiger partial charge in [-0.05, 0) is 0 Å². The normalized spacial score (nSPS) is 11.3. The molecular formula is C11H11N5O2S. The molecule has 0 bridgehead atoms. The maximum absolute atomic E-state index is 12.2. The zero-order valence-electron chi connectivity index (χ0n) is 10.4. The van der Waals surface area contributed by atoms with E-state index >= 15 is 0 Å². The van der Waals surface area contributed by atoms with Crippen LogP contribution in [0.1, 0.15) is 5.01 Å². The molecule has 0 saturated carbocycles. The fraction of sp³-hybridized carbons (Fsp3) is 0.273. The number of aryl methyl sites for hydroxylation is 1. The van der Waals surface area contributed by atoms with Crippen LogP contribution < -0.4 is 11.2 Å². The molecule has 0 aliphatic rings. The van der Waals surface area contributed by atoms with Crippen molar-refractivity contribution in [2.24, 2.45) is 14.1 Å². The number of fused-ring (bicyclic) bond motifs is 1. The maximum atomic E-state index is 12.2. The van der Waals surface area contributed by atoms with Gasteiger partial charge < -0.3 is 4.57 Å². The van der Waals surface area contributed by atoms with E-state index in [9.17, 15) is 9.59 Å². The van der Waals surface area contributed by atoms with Crippen LogP contribution in [-0.2, 0) is 20.6 Å². The summed E-state index contributed by atoms with van der Waals surface area (Å²) >= 11 is 1.51. The summed E-state index contributed by atoms with van der Waals surface area (Å²) < 4.78 is 4.17. The molecule has 0 aromatic carbocycles. The van der Waals surface area contributed by atoms with Gasteiger partial charge in [0.05, 0.1) is 12.9 Å². The van der Waals surface area contributed by atoms with E-state index in [-0.39, 0.29) is 11.2 Å². The van der Waals surface area contributed by atoms with E-state index in [0.717, 1.165) is 9.57 Å². The van der Waals surface area contributed by atoms with Crippen molar-refractivity contribution >= 4 is 22.5 Å². The Morgan fingerprint density at radius 3 is 2.68 bits per heavy atom. The molecule has 0 amide bonds. The topological polar surface area (TPSA) is 74.7 Å². The van der Waals surface area contributed by atoms with E-state index < -0.39 is 0 Å². The molecule has 0 fully saturated rings. The third-order valence-electron chi connectivity index (χ3n) is 3.01. The van der Waals surface area contributed by atoms with Crippen LogP contribution in [0.2, 0.25) is 0 Å². The van der Waals surface area contributed by atoms with Crippen LogP contribution in [0.25, 0.3) is 11.2 Å². The Balaban J connectivity index is 2.29. The maximum Gasteiger partial charge on any atom is 0.332 e. The molecule has 3 rings (SSSR count). The molecule has 0 aliphatic heterocycles. The van der Waals surface area contributed by atoms with Gasteiger partial charge in [-0.1, -0.05) is 0 Å². The number of hydrogen-bond acceptors (Lipinski definition) is 5. The molecule has 0 radical (unpaired) electrons. The first kappa shape index (κ1) is 11.8. The lowest BCUT2D eigenvalue weighted by Gasteiger charge is -2.05. The molecule has 0 atom stereocenters. The van der Waals surface area contributed by atoms with Crippen molar-refractivity contribution in [2.75, 3.05) is 0 Å². The third kappa shape index (κ3) is 1.72. The Bertz CT molecular complexity index is 856. The van der Waals surface area contributed by atoms with Gasteiger partial charge in [-0.2, -0.15) is 0 Å². The van der Waals surface area contributed by atoms with Crippen LogP contribution >= 0.6 is 11.3 Å². The van der Waals surface area contributed by atoms with Crippen molar-refractivity contribution in [2.45, 2.75) is 6.54 Å². The van der Waals surface area contributed by atoms with Crippen molar-refractivity contribution in [3.8, 4) is 0 Å². The van der Waals surface area contributed by atoms with Gasteiger partial charge in [0.1, 0.15) is 5.01 Å². The van der Waals surface area contributed by atoms with Gasteiger partial charge in [0.2, 0.25) is 0 Å². The molecule has 98 valence electrons. The molecule has 0 unspecified atom stereocenters. The van der Waals surface area contributed by atoms with Crippen molar-refractivity contribution in [3.63, 3.8) is 0 Å². The minimum absolute atomic E-state index is 0.341. The van der Waals surface area contributed by atoms with Crippen molar-refractivity contribution in [1.29, 1.82) is 0 Å². The van der Waals surface area contributed by atoms with E-state index in [0.29, 0.717) is 17.7 Å². The molecule has 0 N–H and O–H groups in total. The molecule has 19 heavy (non-hydrogen) atoms. The molecule has 8 heteroatoms. The number of rotatable bonds is 2. The first-order chi connectivity index (χ1) is 9.09. The summed E-state index contributed by atoms with van der Waals surface area (Å²) in [6, 6.07) is 0. The Labute approximate surface area is 111 Å². The third-order valence-corrected chi connectivity index (χ3v) is 3.77. The zero-order chi connectivity index (χ0) is 13.6. The van der Waals surface area contributed by atoms with Gasteiger partial charge in [0.15, 0.2) is 11.2 Å². The SMILES string of the molecule is Cn1c(=O)c2c(ncn2Cc2nccs2)n(C)c1=O. The predicted molar refractivity (Wildman–Crippen MR) is 71.4 cm³/mol. The van der Waals surface area contributed by atoms with Crippen molar-refractivity contribution in [1.82, 2.24) is 23.7 Å². The molecular weight excluding hydrogens is 266 g/mol. The van der Waals surface area contributed by atoms with E-state index in [1.807, 2.05) is 5.38 Å². The number of imidazole rings is 1. The highest BCUT2D eigenvalue weighted by Gasteiger charge is 2.14. The van der Waals surface area contributed by atoms with Crippen LogP contribution in [0.3, 0.4) is 0 Å². The Hall–Kier alpha value is -2.22. The lowest BCUT2D eigenvalue weighted by atomic mass is 10.5. The minimum Gasteiger partial charge on any atom is -0.318 e. The summed E-state index contributed by atoms with van der Waals surface area (Å²) in [5.41, 5.74) is 0.0913. The second-order valence-electron chi connectivity index (χ2n) is 4.18. The van der Waals surface area contributed by atoms with Crippen molar-refractivity contribution < 1.29 is 0 Å². The second-order valence-corrected chi connectivity index (χ2v) is 5.16. The summed E-state index contributed by atoms with van der Waals surface area (Å²) in [6.07, 6.45) is 3.28. The largest absolute Gasteiger partial charge is 0.332 e. The van der Waals surface area contributed by atoms with Crippen LogP contribution in [-0.4, -0.2) is 23.7 Å².